The first-order valence-electron chi connectivity index (χ1n) is 13.1. The third-order valence-electron chi connectivity index (χ3n) is 6.64. The maximum atomic E-state index is 9.70. The van der Waals surface area contributed by atoms with Crippen molar-refractivity contribution in [2.24, 2.45) is 0 Å². The number of hydrogen-bond acceptors (Lipinski definition) is 5. The summed E-state index contributed by atoms with van der Waals surface area (Å²) < 4.78 is 0. The molecule has 1 heterocycles. The van der Waals surface area contributed by atoms with E-state index in [0.29, 0.717) is 6.54 Å². The molecule has 0 atom stereocenters. The van der Waals surface area contributed by atoms with Crippen molar-refractivity contribution in [2.75, 3.05) is 39.3 Å². The molecule has 0 aromatic heterocycles. The van der Waals surface area contributed by atoms with Crippen molar-refractivity contribution < 1.29 is 0 Å². The normalized spacial score (nSPS) is 14.8. The van der Waals surface area contributed by atoms with Crippen LogP contribution in [0.2, 0.25) is 0 Å². The Morgan fingerprint density at radius 3 is 2.31 bits per heavy atom. The van der Waals surface area contributed by atoms with Crippen molar-refractivity contribution in [1.29, 1.82) is 5.26 Å². The number of nitrogens with zero attached hydrogens (tertiary/aromatic N) is 5. The molecule has 6 heteroatoms. The van der Waals surface area contributed by atoms with E-state index >= 15 is 0 Å². The second-order valence-corrected chi connectivity index (χ2v) is 9.66. The Labute approximate surface area is 217 Å². The van der Waals surface area contributed by atoms with E-state index in [4.69, 9.17) is 6.57 Å². The lowest BCUT2D eigenvalue weighted by Crippen LogP contribution is -2.34. The van der Waals surface area contributed by atoms with E-state index < -0.39 is 0 Å². The Morgan fingerprint density at radius 2 is 1.69 bits per heavy atom. The van der Waals surface area contributed by atoms with Gasteiger partial charge >= 0.3 is 5.70 Å². The molecule has 0 bridgehead atoms. The fourth-order valence-corrected chi connectivity index (χ4v) is 4.87. The maximum Gasteiger partial charge on any atom is 0.300 e. The Hall–Kier alpha value is -3.32. The lowest BCUT2D eigenvalue weighted by Gasteiger charge is -2.28. The van der Waals surface area contributed by atoms with Crippen LogP contribution in [0.25, 0.3) is 4.85 Å². The van der Waals surface area contributed by atoms with Gasteiger partial charge in [-0.15, -0.1) is 0 Å². The van der Waals surface area contributed by atoms with Crippen LogP contribution >= 0.6 is 0 Å². The minimum Gasteiger partial charge on any atom is -0.363 e. The van der Waals surface area contributed by atoms with Gasteiger partial charge < -0.3 is 15.1 Å². The van der Waals surface area contributed by atoms with Crippen LogP contribution in [0.1, 0.15) is 48.1 Å². The van der Waals surface area contributed by atoms with Crippen molar-refractivity contribution in [3.05, 3.63) is 93.2 Å². The minimum atomic E-state index is 0.187. The van der Waals surface area contributed by atoms with E-state index in [9.17, 15) is 5.26 Å². The molecular formula is C30H40N6. The monoisotopic (exact) mass is 484 g/mol. The van der Waals surface area contributed by atoms with Crippen LogP contribution in [-0.2, 0) is 19.6 Å². The SMILES string of the molecule is [C-]#[N+]/C(C#N)=C1\N(CCN(CC)Cc2ccc(CNCCC)cc2)CCN1Cc1cc(C)cc(C)c1. The molecule has 0 unspecified atom stereocenters. The molecule has 1 aliphatic rings. The Kier molecular flexibility index (Phi) is 10.4. The molecule has 3 rings (SSSR count). The molecule has 190 valence electrons. The zero-order valence-electron chi connectivity index (χ0n) is 22.3. The van der Waals surface area contributed by atoms with Crippen molar-refractivity contribution in [1.82, 2.24) is 20.0 Å². The number of benzene rings is 2. The first kappa shape index (κ1) is 27.3. The van der Waals surface area contributed by atoms with Gasteiger partial charge in [0, 0.05) is 45.8 Å². The molecule has 36 heavy (non-hydrogen) atoms. The molecule has 0 aliphatic carbocycles. The molecule has 6 nitrogen and oxygen atoms in total. The van der Waals surface area contributed by atoms with Gasteiger partial charge in [0.2, 0.25) is 0 Å². The van der Waals surface area contributed by atoms with Crippen molar-refractivity contribution in [3.8, 4) is 6.07 Å². The first-order chi connectivity index (χ1) is 17.5. The molecule has 0 spiro atoms. The summed E-state index contributed by atoms with van der Waals surface area (Å²) in [6.07, 6.45) is 1.15. The summed E-state index contributed by atoms with van der Waals surface area (Å²) in [5.74, 6) is 0.784. The fraction of sp³-hybridized carbons (Fsp3) is 0.467. The zero-order valence-corrected chi connectivity index (χ0v) is 22.3. The lowest BCUT2D eigenvalue weighted by atomic mass is 10.1. The summed E-state index contributed by atoms with van der Waals surface area (Å²) in [6, 6.07) is 17.6. The quantitative estimate of drug-likeness (QED) is 0.259. The van der Waals surface area contributed by atoms with E-state index in [2.05, 4.69) is 101 Å². The molecule has 2 aromatic carbocycles. The van der Waals surface area contributed by atoms with Gasteiger partial charge in [-0.05, 0) is 50.0 Å². The zero-order chi connectivity index (χ0) is 25.9. The third-order valence-corrected chi connectivity index (χ3v) is 6.64. The molecule has 0 saturated carbocycles. The smallest absolute Gasteiger partial charge is 0.300 e. The van der Waals surface area contributed by atoms with Gasteiger partial charge in [0.25, 0.3) is 0 Å². The van der Waals surface area contributed by atoms with Crippen LogP contribution in [0.3, 0.4) is 0 Å². The summed E-state index contributed by atoms with van der Waals surface area (Å²) in [5.41, 5.74) is 6.50. The number of likely N-dealkylation sites (N-methyl/N-ethyl adjacent to an activating group) is 1. The predicted molar refractivity (Wildman–Crippen MR) is 147 cm³/mol. The third kappa shape index (κ3) is 7.59. The molecule has 1 saturated heterocycles. The maximum absolute atomic E-state index is 9.70. The van der Waals surface area contributed by atoms with Crippen LogP contribution in [-0.4, -0.2) is 54.0 Å². The molecule has 1 fully saturated rings. The molecule has 0 amide bonds. The van der Waals surface area contributed by atoms with Crippen molar-refractivity contribution in [2.45, 2.75) is 53.8 Å². The second kappa shape index (κ2) is 13.7. The van der Waals surface area contributed by atoms with Crippen LogP contribution in [0.5, 0.6) is 0 Å². The summed E-state index contributed by atoms with van der Waals surface area (Å²) in [6.45, 7) is 24.0. The Morgan fingerprint density at radius 1 is 1.03 bits per heavy atom. The van der Waals surface area contributed by atoms with E-state index in [1.807, 2.05) is 0 Å². The highest BCUT2D eigenvalue weighted by molar-refractivity contribution is 5.35. The van der Waals surface area contributed by atoms with Crippen LogP contribution < -0.4 is 5.32 Å². The van der Waals surface area contributed by atoms with Crippen LogP contribution in [0, 0.1) is 31.8 Å². The average molecular weight is 485 g/mol. The number of allylic oxidation sites excluding steroid dienone is 1. The number of aryl methyl sites for hydroxylation is 2. The highest BCUT2D eigenvalue weighted by Gasteiger charge is 2.28. The molecule has 2 aromatic rings. The van der Waals surface area contributed by atoms with Crippen LogP contribution in [0.15, 0.2) is 54.0 Å². The topological polar surface area (TPSA) is 49.9 Å². The summed E-state index contributed by atoms with van der Waals surface area (Å²) >= 11 is 0. The number of hydrogen-bond donors (Lipinski definition) is 1. The molecule has 1 aliphatic heterocycles. The fourth-order valence-electron chi connectivity index (χ4n) is 4.87. The Balaban J connectivity index is 1.64. The highest BCUT2D eigenvalue weighted by Crippen LogP contribution is 2.26. The van der Waals surface area contributed by atoms with Crippen molar-refractivity contribution in [3.63, 3.8) is 0 Å². The van der Waals surface area contributed by atoms with Gasteiger partial charge in [0.15, 0.2) is 0 Å². The first-order valence-corrected chi connectivity index (χ1v) is 13.1. The number of rotatable bonds is 12. The predicted octanol–water partition coefficient (Wildman–Crippen LogP) is 5.05. The lowest BCUT2D eigenvalue weighted by molar-refractivity contribution is 0.234. The number of nitrogens with one attached hydrogen (secondary N) is 1. The standard InChI is InChI=1S/C30H40N6/c1-6-12-33-21-26-8-10-27(11-9-26)22-34(7-2)13-14-35-15-16-36(30(35)29(20-31)32-5)23-28-18-24(3)17-25(4)19-28/h8-11,17-19,33H,6-7,12-16,21-23H2,1-4H3/b30-29+. The van der Waals surface area contributed by atoms with Gasteiger partial charge in [0.05, 0.1) is 12.6 Å². The Bertz CT molecular complexity index is 1070. The summed E-state index contributed by atoms with van der Waals surface area (Å²) in [4.78, 5) is 10.4. The van der Waals surface area contributed by atoms with E-state index in [-0.39, 0.29) is 5.70 Å². The average Bonchev–Trinajstić information content (AvgIpc) is 3.25. The summed E-state index contributed by atoms with van der Waals surface area (Å²) in [5, 5.41) is 13.1. The largest absolute Gasteiger partial charge is 0.363 e. The van der Waals surface area contributed by atoms with E-state index in [0.717, 1.165) is 64.6 Å². The van der Waals surface area contributed by atoms with Gasteiger partial charge in [-0.2, -0.15) is 0 Å². The molecule has 0 radical (unpaired) electrons. The van der Waals surface area contributed by atoms with E-state index in [1.165, 1.54) is 27.8 Å². The van der Waals surface area contributed by atoms with Gasteiger partial charge in [-0.1, -0.05) is 67.4 Å². The van der Waals surface area contributed by atoms with Crippen molar-refractivity contribution >= 4 is 0 Å². The van der Waals surface area contributed by atoms with E-state index in [1.54, 1.807) is 0 Å². The number of nitriles is 1. The molecule has 1 N–H and O–H groups in total. The molecular weight excluding hydrogens is 444 g/mol. The van der Waals surface area contributed by atoms with Gasteiger partial charge in [0.1, 0.15) is 5.82 Å². The minimum absolute atomic E-state index is 0.187. The van der Waals surface area contributed by atoms with Crippen LogP contribution in [0.4, 0.5) is 0 Å². The van der Waals surface area contributed by atoms with Gasteiger partial charge in [-0.3, -0.25) is 4.90 Å². The summed E-state index contributed by atoms with van der Waals surface area (Å²) in [7, 11) is 0. The second-order valence-electron chi connectivity index (χ2n) is 9.66. The highest BCUT2D eigenvalue weighted by atomic mass is 15.4. The van der Waals surface area contributed by atoms with Gasteiger partial charge in [-0.25, -0.2) is 10.1 Å².